The monoisotopic (exact) mass is 1010 g/mol. The normalized spacial score (nSPS) is 19.6. The summed E-state index contributed by atoms with van der Waals surface area (Å²) in [4.78, 5) is 105. The third-order valence-corrected chi connectivity index (χ3v) is 11.6. The number of amides is 3. The smallest absolute Gasteiger partial charge is 0.407 e. The number of rotatable bonds is 23. The highest BCUT2D eigenvalue weighted by atomic mass is 16.7. The van der Waals surface area contributed by atoms with Gasteiger partial charge in [0.15, 0.2) is 12.2 Å². The molecule has 23 nitrogen and oxygen atoms in total. The van der Waals surface area contributed by atoms with Crippen LogP contribution in [0.3, 0.4) is 0 Å². The number of esters is 5. The molecule has 1 aliphatic heterocycles. The fraction of sp³-hybridized carbons (Fsp3) is 0.551. The predicted molar refractivity (Wildman–Crippen MR) is 250 cm³/mol. The van der Waals surface area contributed by atoms with Crippen LogP contribution in [0.2, 0.25) is 0 Å². The number of alkyl carbamates (subject to hydrolysis) is 1. The van der Waals surface area contributed by atoms with E-state index in [2.05, 4.69) is 26.3 Å². The number of ether oxygens (including phenoxy) is 9. The van der Waals surface area contributed by atoms with E-state index in [1.165, 1.54) is 23.7 Å². The van der Waals surface area contributed by atoms with Crippen LogP contribution < -0.4 is 20.7 Å². The van der Waals surface area contributed by atoms with Gasteiger partial charge in [0, 0.05) is 51.9 Å². The summed E-state index contributed by atoms with van der Waals surface area (Å²) in [5, 5.41) is 16.5. The van der Waals surface area contributed by atoms with Crippen molar-refractivity contribution < 1.29 is 81.0 Å². The summed E-state index contributed by atoms with van der Waals surface area (Å²) in [5.74, 6) is -7.84. The minimum atomic E-state index is -2.48. The van der Waals surface area contributed by atoms with Gasteiger partial charge in [-0.05, 0) is 55.5 Å². The Bertz CT molecular complexity index is 2350. The first-order valence-corrected chi connectivity index (χ1v) is 23.6. The Morgan fingerprint density at radius 2 is 1.54 bits per heavy atom. The Hall–Kier alpha value is -6.98. The molecule has 1 aromatic heterocycles. The molecule has 0 unspecified atom stereocenters. The highest BCUT2D eigenvalue weighted by Crippen LogP contribution is 2.37. The van der Waals surface area contributed by atoms with Crippen LogP contribution in [0.1, 0.15) is 105 Å². The van der Waals surface area contributed by atoms with E-state index in [1.54, 1.807) is 20.0 Å². The maximum absolute atomic E-state index is 14.1. The van der Waals surface area contributed by atoms with Crippen molar-refractivity contribution in [3.05, 3.63) is 76.6 Å². The first kappa shape index (κ1) is 55.9. The molecule has 1 saturated heterocycles. The number of aromatic nitrogens is 3. The standard InChI is InChI=1S/C49H64N6O17/c1-29-22-37(23-30(2)43(29)70-33(5)58)46(61)51-25-40(69-32(4)57)44(71-34(6)59)45-42(52-41(60)27-55-26-38(53-54-55)36-16-12-9-13-17-36)39(68-31(3)56)24-49(72-45,47(62)64-7)67-21-20-65-19-18-50-48(63)66-28-35-14-10-8-11-15-35/h8,10-11,14-15,22-23,26,36,39-40,42,44-45H,9,12-13,16-21,24-25,27-28H2,1-7H3,(H,50,63)(H,51,61)(H,52,60)/t39-,40+,42+,44+,45+,49+/m0/s1. The predicted octanol–water partition coefficient (Wildman–Crippen LogP) is 3.20. The third-order valence-electron chi connectivity index (χ3n) is 11.6. The molecule has 2 aliphatic rings. The number of methoxy groups -OCH3 is 1. The van der Waals surface area contributed by atoms with E-state index < -0.39 is 97.0 Å². The number of nitrogens with zero attached hydrogens (tertiary/aromatic N) is 3. The van der Waals surface area contributed by atoms with Gasteiger partial charge in [-0.15, -0.1) is 5.10 Å². The summed E-state index contributed by atoms with van der Waals surface area (Å²) in [6, 6.07) is 10.5. The molecule has 1 aliphatic carbocycles. The van der Waals surface area contributed by atoms with Crippen molar-refractivity contribution in [1.82, 2.24) is 30.9 Å². The van der Waals surface area contributed by atoms with Crippen molar-refractivity contribution in [3.8, 4) is 5.75 Å². The van der Waals surface area contributed by atoms with Gasteiger partial charge in [-0.1, -0.05) is 54.8 Å². The topological polar surface area (TPSA) is 286 Å². The van der Waals surface area contributed by atoms with Crippen LogP contribution in [0.4, 0.5) is 4.79 Å². The second-order valence-corrected chi connectivity index (χ2v) is 17.4. The van der Waals surface area contributed by atoms with Gasteiger partial charge >= 0.3 is 35.9 Å². The maximum Gasteiger partial charge on any atom is 0.407 e. The second kappa shape index (κ2) is 27.0. The summed E-state index contributed by atoms with van der Waals surface area (Å²) in [7, 11) is 1.04. The molecule has 23 heteroatoms. The molecule has 0 spiro atoms. The Morgan fingerprint density at radius 1 is 0.847 bits per heavy atom. The highest BCUT2D eigenvalue weighted by Gasteiger charge is 2.59. The molecule has 3 amide bonds. The molecule has 5 rings (SSSR count). The fourth-order valence-electron chi connectivity index (χ4n) is 8.55. The molecule has 0 radical (unpaired) electrons. The molecule has 3 N–H and O–H groups in total. The van der Waals surface area contributed by atoms with Crippen molar-refractivity contribution >= 4 is 47.8 Å². The Morgan fingerprint density at radius 3 is 2.18 bits per heavy atom. The summed E-state index contributed by atoms with van der Waals surface area (Å²) in [6.07, 6.45) is -1.26. The molecule has 1 saturated carbocycles. The van der Waals surface area contributed by atoms with Crippen LogP contribution in [0.15, 0.2) is 48.7 Å². The van der Waals surface area contributed by atoms with Crippen molar-refractivity contribution in [3.63, 3.8) is 0 Å². The number of carbonyl (C=O) groups is 8. The summed E-state index contributed by atoms with van der Waals surface area (Å²) in [6.45, 7) is 6.28. The van der Waals surface area contributed by atoms with E-state index in [0.717, 1.165) is 71.2 Å². The number of nitrogens with one attached hydrogen (secondary N) is 3. The molecular weight excluding hydrogens is 945 g/mol. The van der Waals surface area contributed by atoms with Gasteiger partial charge < -0.3 is 58.6 Å². The van der Waals surface area contributed by atoms with E-state index in [1.807, 2.05) is 30.3 Å². The van der Waals surface area contributed by atoms with Gasteiger partial charge in [-0.3, -0.25) is 28.8 Å². The Balaban J connectivity index is 1.43. The maximum atomic E-state index is 14.1. The second-order valence-electron chi connectivity index (χ2n) is 17.4. The van der Waals surface area contributed by atoms with E-state index in [4.69, 9.17) is 42.6 Å². The average Bonchev–Trinajstić information content (AvgIpc) is 3.81. The zero-order chi connectivity index (χ0) is 52.4. The lowest BCUT2D eigenvalue weighted by Crippen LogP contribution is -2.70. The number of carbonyl (C=O) groups excluding carboxylic acids is 8. The van der Waals surface area contributed by atoms with Crippen LogP contribution >= 0.6 is 0 Å². The minimum Gasteiger partial charge on any atom is -0.465 e. The number of hydrogen-bond acceptors (Lipinski definition) is 19. The van der Waals surface area contributed by atoms with Crippen LogP contribution in [-0.4, -0.2) is 139 Å². The molecule has 2 aromatic carbocycles. The molecule has 0 bridgehead atoms. The largest absolute Gasteiger partial charge is 0.465 e. The van der Waals surface area contributed by atoms with Crippen molar-refractivity contribution in [2.75, 3.05) is 40.0 Å². The van der Waals surface area contributed by atoms with Crippen LogP contribution in [0.25, 0.3) is 0 Å². The van der Waals surface area contributed by atoms with Gasteiger partial charge in [0.05, 0.1) is 51.6 Å². The lowest BCUT2D eigenvalue weighted by Gasteiger charge is -2.48. The molecule has 2 heterocycles. The van der Waals surface area contributed by atoms with E-state index >= 15 is 0 Å². The summed E-state index contributed by atoms with van der Waals surface area (Å²) in [5.41, 5.74) is 2.58. The highest BCUT2D eigenvalue weighted by molar-refractivity contribution is 5.95. The van der Waals surface area contributed by atoms with E-state index in [9.17, 15) is 38.4 Å². The number of hydrogen-bond donors (Lipinski definition) is 3. The summed E-state index contributed by atoms with van der Waals surface area (Å²) < 4.78 is 52.6. The quantitative estimate of drug-likeness (QED) is 0.0532. The van der Waals surface area contributed by atoms with Crippen molar-refractivity contribution in [1.29, 1.82) is 0 Å². The van der Waals surface area contributed by atoms with Crippen LogP contribution in [0, 0.1) is 13.8 Å². The molecule has 3 aromatic rings. The molecule has 2 fully saturated rings. The van der Waals surface area contributed by atoms with Crippen molar-refractivity contribution in [2.24, 2.45) is 0 Å². The number of aryl methyl sites for hydroxylation is 2. The molecular formula is C49H64N6O17. The van der Waals surface area contributed by atoms with Gasteiger partial charge in [0.2, 0.25) is 5.91 Å². The molecule has 6 atom stereocenters. The van der Waals surface area contributed by atoms with Gasteiger partial charge in [-0.25, -0.2) is 14.3 Å². The van der Waals surface area contributed by atoms with Crippen LogP contribution in [-0.2, 0) is 79.8 Å². The van der Waals surface area contributed by atoms with Gasteiger partial charge in [0.25, 0.3) is 11.7 Å². The Labute approximate surface area is 416 Å². The first-order chi connectivity index (χ1) is 34.4. The molecule has 392 valence electrons. The fourth-order valence-corrected chi connectivity index (χ4v) is 8.55. The zero-order valence-corrected chi connectivity index (χ0v) is 41.6. The minimum absolute atomic E-state index is 0.0175. The lowest BCUT2D eigenvalue weighted by atomic mass is 9.87. The SMILES string of the molecule is COC(=O)[C@@]1(OCCOCCNC(=O)OCc2ccccc2)C[C@H](OC(C)=O)[C@@H](NC(=O)Cn2cc(C3CCCCC3)nn2)[C@H]([C@H](OC(C)=O)[C@@H](CNC(=O)c2cc(C)c(OC(C)=O)c(C)c2)OC(C)=O)O1. The zero-order valence-electron chi connectivity index (χ0n) is 41.6. The third kappa shape index (κ3) is 16.6. The van der Waals surface area contributed by atoms with Gasteiger partial charge in [-0.2, -0.15) is 0 Å². The van der Waals surface area contributed by atoms with E-state index in [-0.39, 0.29) is 56.7 Å². The average molecular weight is 1010 g/mol. The van der Waals surface area contributed by atoms with E-state index in [0.29, 0.717) is 11.1 Å². The number of benzene rings is 2. The Kier molecular flexibility index (Phi) is 21.0. The van der Waals surface area contributed by atoms with Crippen molar-refractivity contribution in [2.45, 2.75) is 135 Å². The summed E-state index contributed by atoms with van der Waals surface area (Å²) >= 11 is 0. The first-order valence-electron chi connectivity index (χ1n) is 23.6. The van der Waals surface area contributed by atoms with Crippen LogP contribution in [0.5, 0.6) is 5.75 Å². The lowest BCUT2D eigenvalue weighted by molar-refractivity contribution is -0.315. The van der Waals surface area contributed by atoms with Gasteiger partial charge in [0.1, 0.15) is 31.1 Å². The molecule has 72 heavy (non-hydrogen) atoms.